The van der Waals surface area contributed by atoms with Gasteiger partial charge in [-0.25, -0.2) is 9.59 Å². The van der Waals surface area contributed by atoms with Crippen LogP contribution in [0.5, 0.6) is 0 Å². The van der Waals surface area contributed by atoms with E-state index < -0.39 is 29.8 Å². The number of hydrogen-bond acceptors (Lipinski definition) is 6. The molecule has 0 saturated heterocycles. The highest BCUT2D eigenvalue weighted by atomic mass is 16.5. The van der Waals surface area contributed by atoms with Crippen LogP contribution in [0.1, 0.15) is 92.8 Å². The maximum Gasteiger partial charge on any atom is 0.352 e. The van der Waals surface area contributed by atoms with Gasteiger partial charge in [0.25, 0.3) is 0 Å². The number of aromatic carboxylic acids is 2. The summed E-state index contributed by atoms with van der Waals surface area (Å²) < 4.78 is 10.2. The Balaban J connectivity index is 2.26. The third-order valence-corrected chi connectivity index (χ3v) is 6.73. The van der Waals surface area contributed by atoms with Gasteiger partial charge in [0.05, 0.1) is 19.1 Å². The lowest BCUT2D eigenvalue weighted by atomic mass is 9.85. The number of aromatic amines is 2. The van der Waals surface area contributed by atoms with Crippen LogP contribution in [0.4, 0.5) is 0 Å². The first-order chi connectivity index (χ1) is 18.6. The zero-order chi connectivity index (χ0) is 28.7. The van der Waals surface area contributed by atoms with Gasteiger partial charge in [-0.15, -0.1) is 0 Å². The van der Waals surface area contributed by atoms with Crippen molar-refractivity contribution < 1.29 is 38.9 Å². The molecule has 0 aliphatic rings. The van der Waals surface area contributed by atoms with Crippen molar-refractivity contribution in [2.24, 2.45) is 0 Å². The molecule has 10 heteroatoms. The Morgan fingerprint density at radius 1 is 0.744 bits per heavy atom. The molecule has 0 bridgehead atoms. The molecule has 0 unspecified atom stereocenters. The minimum Gasteiger partial charge on any atom is -0.477 e. The molecule has 0 amide bonds. The molecule has 0 spiro atoms. The van der Waals surface area contributed by atoms with E-state index in [0.717, 1.165) is 5.56 Å². The molecule has 3 aromatic rings. The number of ether oxygens (including phenoxy) is 2. The molecule has 0 aliphatic heterocycles. The van der Waals surface area contributed by atoms with E-state index in [9.17, 15) is 29.4 Å². The Hall–Kier alpha value is -4.34. The molecule has 39 heavy (non-hydrogen) atoms. The molecular formula is C29H34N2O8. The molecule has 0 radical (unpaired) electrons. The summed E-state index contributed by atoms with van der Waals surface area (Å²) in [4.78, 5) is 54.8. The third-order valence-electron chi connectivity index (χ3n) is 6.73. The van der Waals surface area contributed by atoms with Crippen molar-refractivity contribution in [3.63, 3.8) is 0 Å². The number of carboxylic acids is 2. The Morgan fingerprint density at radius 2 is 1.15 bits per heavy atom. The molecule has 208 valence electrons. The molecular weight excluding hydrogens is 504 g/mol. The van der Waals surface area contributed by atoms with E-state index in [-0.39, 0.29) is 50.3 Å². The summed E-state index contributed by atoms with van der Waals surface area (Å²) in [6.07, 6.45) is 0.521. The summed E-state index contributed by atoms with van der Waals surface area (Å²) in [7, 11) is 0. The fourth-order valence-electron chi connectivity index (χ4n) is 4.92. The second-order valence-corrected chi connectivity index (χ2v) is 9.10. The Bertz CT molecular complexity index is 1270. The van der Waals surface area contributed by atoms with Crippen LogP contribution < -0.4 is 0 Å². The van der Waals surface area contributed by atoms with Crippen LogP contribution in [0.15, 0.2) is 30.3 Å². The first-order valence-electron chi connectivity index (χ1n) is 12.9. The summed E-state index contributed by atoms with van der Waals surface area (Å²) in [5.74, 6) is -3.76. The lowest BCUT2D eigenvalue weighted by Crippen LogP contribution is -2.13. The smallest absolute Gasteiger partial charge is 0.352 e. The van der Waals surface area contributed by atoms with Crippen LogP contribution in [0.25, 0.3) is 0 Å². The van der Waals surface area contributed by atoms with Gasteiger partial charge in [-0.3, -0.25) is 9.59 Å². The predicted octanol–water partition coefficient (Wildman–Crippen LogP) is 4.53. The molecule has 3 rings (SSSR count). The van der Waals surface area contributed by atoms with Crippen LogP contribution in [0.2, 0.25) is 0 Å². The minimum absolute atomic E-state index is 0.0143. The lowest BCUT2D eigenvalue weighted by molar-refractivity contribution is -0.144. The zero-order valence-electron chi connectivity index (χ0n) is 22.6. The highest BCUT2D eigenvalue weighted by Crippen LogP contribution is 2.39. The van der Waals surface area contributed by atoms with Gasteiger partial charge in [0, 0.05) is 24.2 Å². The molecule has 0 aliphatic carbocycles. The number of hydrogen-bond donors (Lipinski definition) is 4. The first-order valence-corrected chi connectivity index (χ1v) is 12.9. The number of aromatic nitrogens is 2. The van der Waals surface area contributed by atoms with Gasteiger partial charge in [0.2, 0.25) is 0 Å². The molecule has 0 atom stereocenters. The Kier molecular flexibility index (Phi) is 9.70. The number of benzene rings is 1. The summed E-state index contributed by atoms with van der Waals surface area (Å²) in [5.41, 5.74) is 4.02. The fraction of sp³-hybridized carbons (Fsp3) is 0.379. The fourth-order valence-corrected chi connectivity index (χ4v) is 4.92. The number of rotatable bonds is 13. The van der Waals surface area contributed by atoms with E-state index in [0.29, 0.717) is 33.6 Å². The standard InChI is InChI=1S/C29H34N2O8/c1-5-38-21(32)14-12-19-16(3)24(28(34)35)30-26(19)23(18-10-8-7-9-11-18)27-20(13-15-22(33)39-6-2)17(4)25(31-27)29(36)37/h7-11,23,30-31H,5-6,12-15H2,1-4H3,(H,34,35)(H,36,37). The predicted molar refractivity (Wildman–Crippen MR) is 142 cm³/mol. The van der Waals surface area contributed by atoms with E-state index in [1.54, 1.807) is 27.7 Å². The Morgan fingerprint density at radius 3 is 1.51 bits per heavy atom. The highest BCUT2D eigenvalue weighted by Gasteiger charge is 2.32. The molecule has 0 fully saturated rings. The van der Waals surface area contributed by atoms with E-state index in [1.807, 2.05) is 30.3 Å². The van der Waals surface area contributed by atoms with Crippen LogP contribution in [0, 0.1) is 13.8 Å². The van der Waals surface area contributed by atoms with Crippen LogP contribution in [0.3, 0.4) is 0 Å². The molecule has 10 nitrogen and oxygen atoms in total. The van der Waals surface area contributed by atoms with Gasteiger partial charge < -0.3 is 29.7 Å². The maximum atomic E-state index is 12.2. The molecule has 1 aromatic carbocycles. The summed E-state index contributed by atoms with van der Waals surface area (Å²) in [5, 5.41) is 19.8. The molecule has 2 aromatic heterocycles. The van der Waals surface area contributed by atoms with E-state index in [2.05, 4.69) is 9.97 Å². The van der Waals surface area contributed by atoms with Crippen molar-refractivity contribution in [1.29, 1.82) is 0 Å². The number of H-pyrrole nitrogens is 2. The number of carboxylic acid groups (broad SMARTS) is 2. The van der Waals surface area contributed by atoms with E-state index in [1.165, 1.54) is 0 Å². The number of esters is 2. The van der Waals surface area contributed by atoms with Gasteiger partial charge in [0.1, 0.15) is 11.4 Å². The van der Waals surface area contributed by atoms with Gasteiger partial charge in [0.15, 0.2) is 0 Å². The number of carbonyl (C=O) groups is 4. The summed E-state index contributed by atoms with van der Waals surface area (Å²) >= 11 is 0. The quantitative estimate of drug-likeness (QED) is 0.231. The van der Waals surface area contributed by atoms with Crippen molar-refractivity contribution in [3.8, 4) is 0 Å². The monoisotopic (exact) mass is 538 g/mol. The summed E-state index contributed by atoms with van der Waals surface area (Å²) in [6, 6.07) is 9.24. The van der Waals surface area contributed by atoms with Crippen LogP contribution in [-0.2, 0) is 31.9 Å². The van der Waals surface area contributed by atoms with Crippen LogP contribution in [-0.4, -0.2) is 57.3 Å². The Labute approximate surface area is 226 Å². The largest absolute Gasteiger partial charge is 0.477 e. The average Bonchev–Trinajstić information content (AvgIpc) is 3.39. The van der Waals surface area contributed by atoms with Crippen molar-refractivity contribution in [2.75, 3.05) is 13.2 Å². The topological polar surface area (TPSA) is 159 Å². The van der Waals surface area contributed by atoms with E-state index in [4.69, 9.17) is 9.47 Å². The molecule has 0 saturated carbocycles. The second kappa shape index (κ2) is 12.9. The van der Waals surface area contributed by atoms with Gasteiger partial charge in [-0.1, -0.05) is 30.3 Å². The molecule has 4 N–H and O–H groups in total. The van der Waals surface area contributed by atoms with Gasteiger partial charge >= 0.3 is 23.9 Å². The SMILES string of the molecule is CCOC(=O)CCc1c(C(c2ccccc2)c2[nH]c(C(=O)O)c(C)c2CCC(=O)OCC)[nH]c(C(=O)O)c1C. The minimum atomic E-state index is -1.15. The van der Waals surface area contributed by atoms with E-state index >= 15 is 0 Å². The van der Waals surface area contributed by atoms with Gasteiger partial charge in [-0.05, 0) is 68.4 Å². The average molecular weight is 539 g/mol. The molecule has 2 heterocycles. The highest BCUT2D eigenvalue weighted by molar-refractivity contribution is 5.89. The maximum absolute atomic E-state index is 12.2. The van der Waals surface area contributed by atoms with Gasteiger partial charge in [-0.2, -0.15) is 0 Å². The lowest BCUT2D eigenvalue weighted by Gasteiger charge is -2.20. The van der Waals surface area contributed by atoms with Crippen molar-refractivity contribution in [1.82, 2.24) is 9.97 Å². The van der Waals surface area contributed by atoms with Crippen molar-refractivity contribution >= 4 is 23.9 Å². The number of nitrogens with one attached hydrogen (secondary N) is 2. The third kappa shape index (κ3) is 6.57. The summed E-state index contributed by atoms with van der Waals surface area (Å²) in [6.45, 7) is 7.24. The second-order valence-electron chi connectivity index (χ2n) is 9.10. The normalized spacial score (nSPS) is 11.0. The van der Waals surface area contributed by atoms with Crippen molar-refractivity contribution in [3.05, 3.63) is 80.9 Å². The number of carbonyl (C=O) groups excluding carboxylic acids is 2. The van der Waals surface area contributed by atoms with Crippen LogP contribution >= 0.6 is 0 Å². The van der Waals surface area contributed by atoms with Crippen molar-refractivity contribution in [2.45, 2.75) is 59.3 Å². The first kappa shape index (κ1) is 29.2. The zero-order valence-corrected chi connectivity index (χ0v) is 22.6.